The van der Waals surface area contributed by atoms with E-state index < -0.39 is 19.5 Å². The zero-order chi connectivity index (χ0) is 33.6. The minimum Gasteiger partial charge on any atom is -0.491 e. The Morgan fingerprint density at radius 3 is 2.34 bits per heavy atom. The van der Waals surface area contributed by atoms with Crippen molar-refractivity contribution < 1.29 is 42.4 Å². The summed E-state index contributed by atoms with van der Waals surface area (Å²) in [5, 5.41) is 8.23. The molecule has 2 N–H and O–H groups in total. The maximum atomic E-state index is 14.7. The molecular formula is C33H36N3O9PS. The molecule has 248 valence electrons. The zero-order valence-corrected chi connectivity index (χ0v) is 28.3. The van der Waals surface area contributed by atoms with E-state index in [1.165, 1.54) is 11.3 Å². The van der Waals surface area contributed by atoms with Crippen LogP contribution in [-0.2, 0) is 14.1 Å². The van der Waals surface area contributed by atoms with Gasteiger partial charge in [-0.3, -0.25) is 19.5 Å². The number of nitrogens with zero attached hydrogens (tertiary/aromatic N) is 1. The zero-order valence-electron chi connectivity index (χ0n) is 26.6. The molecule has 1 aliphatic heterocycles. The number of carbonyl (C=O) groups is 2. The molecule has 3 aromatic carbocycles. The minimum absolute atomic E-state index is 0.0684. The number of esters is 1. The SMILES string of the molecule is CCOC(=O)C(NP(=O)(Oc1ccc2c(c1)OCO2)c1ccc(Oc2cc(OC(C)C)cc(C(=O)Nc3nccs3)c2)cc1)C(C)C. The molecule has 2 unspecified atom stereocenters. The Balaban J connectivity index is 1.43. The third kappa shape index (κ3) is 8.62. The summed E-state index contributed by atoms with van der Waals surface area (Å²) in [6.07, 6.45) is 1.46. The number of nitrogens with one attached hydrogen (secondary N) is 2. The van der Waals surface area contributed by atoms with Gasteiger partial charge in [0.25, 0.3) is 5.91 Å². The molecule has 2 heterocycles. The summed E-state index contributed by atoms with van der Waals surface area (Å²) in [5.41, 5.74) is 0.314. The average Bonchev–Trinajstić information content (AvgIpc) is 3.72. The largest absolute Gasteiger partial charge is 0.491 e. The highest BCUT2D eigenvalue weighted by molar-refractivity contribution is 7.65. The van der Waals surface area contributed by atoms with Crippen LogP contribution in [0.5, 0.6) is 34.5 Å². The van der Waals surface area contributed by atoms with Crippen LogP contribution >= 0.6 is 18.9 Å². The maximum absolute atomic E-state index is 14.7. The topological polar surface area (TPSA) is 144 Å². The quantitative estimate of drug-likeness (QED) is 0.107. The van der Waals surface area contributed by atoms with Gasteiger partial charge in [0, 0.05) is 29.3 Å². The number of aromatic nitrogens is 1. The number of fused-ring (bicyclic) bond motifs is 1. The second kappa shape index (κ2) is 14.9. The van der Waals surface area contributed by atoms with Gasteiger partial charge in [-0.2, -0.15) is 0 Å². The molecule has 0 radical (unpaired) electrons. The molecule has 1 amide bonds. The Morgan fingerprint density at radius 2 is 1.66 bits per heavy atom. The molecule has 4 aromatic rings. The third-order valence-electron chi connectivity index (χ3n) is 6.67. The fourth-order valence-electron chi connectivity index (χ4n) is 4.53. The normalized spacial score (nSPS) is 13.9. The first-order valence-electron chi connectivity index (χ1n) is 15.0. The van der Waals surface area contributed by atoms with Crippen LogP contribution in [-0.4, -0.2) is 42.4 Å². The molecule has 0 saturated carbocycles. The van der Waals surface area contributed by atoms with Crippen molar-refractivity contribution >= 4 is 41.2 Å². The van der Waals surface area contributed by atoms with Crippen LogP contribution in [0.1, 0.15) is 45.0 Å². The third-order valence-corrected chi connectivity index (χ3v) is 9.43. The van der Waals surface area contributed by atoms with Gasteiger partial charge in [-0.05, 0) is 75.2 Å². The number of anilines is 1. The van der Waals surface area contributed by atoms with Crippen molar-refractivity contribution in [2.45, 2.75) is 46.8 Å². The van der Waals surface area contributed by atoms with Crippen LogP contribution in [0, 0.1) is 5.92 Å². The predicted molar refractivity (Wildman–Crippen MR) is 178 cm³/mol. The number of ether oxygens (including phenoxy) is 5. The Labute approximate surface area is 276 Å². The summed E-state index contributed by atoms with van der Waals surface area (Å²) in [6, 6.07) is 15.2. The van der Waals surface area contributed by atoms with Crippen molar-refractivity contribution in [1.29, 1.82) is 0 Å². The van der Waals surface area contributed by atoms with Crippen molar-refractivity contribution in [2.75, 3.05) is 18.7 Å². The molecule has 12 nitrogen and oxygen atoms in total. The highest BCUT2D eigenvalue weighted by Crippen LogP contribution is 2.46. The standard InChI is InChI=1S/C33H36N3O9PS/c1-6-40-32(38)30(20(2)3)36-46(39,45-24-9-12-28-29(18-24)42-19-41-28)27-10-7-23(8-11-27)44-26-16-22(15-25(17-26)43-21(4)5)31(37)35-33-34-13-14-47-33/h7-18,20-21,30H,6,19H2,1-5H3,(H,36,39)(H,34,35,37). The second-order valence-corrected chi connectivity index (χ2v) is 14.0. The summed E-state index contributed by atoms with van der Waals surface area (Å²) >= 11 is 1.30. The van der Waals surface area contributed by atoms with Gasteiger partial charge in [-0.1, -0.05) is 13.8 Å². The van der Waals surface area contributed by atoms with Crippen molar-refractivity contribution in [3.8, 4) is 34.5 Å². The van der Waals surface area contributed by atoms with Crippen LogP contribution in [0.2, 0.25) is 0 Å². The number of amides is 1. The molecule has 1 aromatic heterocycles. The van der Waals surface area contributed by atoms with E-state index in [2.05, 4.69) is 15.4 Å². The number of thiazole rings is 1. The summed E-state index contributed by atoms with van der Waals surface area (Å²) in [4.78, 5) is 30.0. The lowest BCUT2D eigenvalue weighted by molar-refractivity contribution is -0.146. The van der Waals surface area contributed by atoms with Crippen molar-refractivity contribution in [3.63, 3.8) is 0 Å². The first kappa shape index (κ1) is 33.8. The number of carbonyl (C=O) groups excluding carboxylic acids is 2. The molecular weight excluding hydrogens is 645 g/mol. The Morgan fingerprint density at radius 1 is 0.936 bits per heavy atom. The first-order valence-corrected chi connectivity index (χ1v) is 17.5. The van der Waals surface area contributed by atoms with E-state index in [1.54, 1.807) is 79.2 Å². The molecule has 0 spiro atoms. The number of benzene rings is 3. The first-order chi connectivity index (χ1) is 22.5. The number of hydrogen-bond donors (Lipinski definition) is 2. The van der Waals surface area contributed by atoms with Gasteiger partial charge in [0.1, 0.15) is 29.0 Å². The second-order valence-electron chi connectivity index (χ2n) is 11.0. The van der Waals surface area contributed by atoms with E-state index in [0.717, 1.165) is 0 Å². The van der Waals surface area contributed by atoms with Gasteiger partial charge in [0.15, 0.2) is 16.6 Å². The lowest BCUT2D eigenvalue weighted by atomic mass is 10.1. The van der Waals surface area contributed by atoms with E-state index in [-0.39, 0.29) is 42.4 Å². The molecule has 0 bridgehead atoms. The maximum Gasteiger partial charge on any atom is 0.347 e. The molecule has 1 aliphatic rings. The van der Waals surface area contributed by atoms with E-state index >= 15 is 0 Å². The molecule has 0 aliphatic carbocycles. The average molecular weight is 682 g/mol. The van der Waals surface area contributed by atoms with Gasteiger partial charge in [0.2, 0.25) is 6.79 Å². The fourth-order valence-corrected chi connectivity index (χ4v) is 7.08. The monoisotopic (exact) mass is 681 g/mol. The van der Waals surface area contributed by atoms with E-state index in [9.17, 15) is 14.2 Å². The van der Waals surface area contributed by atoms with Gasteiger partial charge in [-0.15, -0.1) is 11.3 Å². The smallest absolute Gasteiger partial charge is 0.347 e. The van der Waals surface area contributed by atoms with Crippen molar-refractivity contribution in [2.24, 2.45) is 5.92 Å². The Kier molecular flexibility index (Phi) is 10.7. The molecule has 0 saturated heterocycles. The minimum atomic E-state index is -3.96. The molecule has 14 heteroatoms. The van der Waals surface area contributed by atoms with Crippen LogP contribution in [0.4, 0.5) is 5.13 Å². The lowest BCUT2D eigenvalue weighted by Gasteiger charge is -2.27. The van der Waals surface area contributed by atoms with Crippen LogP contribution in [0.3, 0.4) is 0 Å². The van der Waals surface area contributed by atoms with Gasteiger partial charge >= 0.3 is 13.5 Å². The fraction of sp³-hybridized carbons (Fsp3) is 0.303. The van der Waals surface area contributed by atoms with Crippen LogP contribution in [0.15, 0.2) is 72.2 Å². The van der Waals surface area contributed by atoms with Gasteiger partial charge in [-0.25, -0.2) is 10.1 Å². The summed E-state index contributed by atoms with van der Waals surface area (Å²) in [5.74, 6) is 1.24. The number of hydrogen-bond acceptors (Lipinski definition) is 11. The van der Waals surface area contributed by atoms with E-state index in [1.807, 2.05) is 27.7 Å². The van der Waals surface area contributed by atoms with Crippen molar-refractivity contribution in [1.82, 2.24) is 10.1 Å². The molecule has 0 fully saturated rings. The highest BCUT2D eigenvalue weighted by atomic mass is 32.1. The van der Waals surface area contributed by atoms with Crippen molar-refractivity contribution in [3.05, 3.63) is 77.8 Å². The van der Waals surface area contributed by atoms with Crippen LogP contribution < -0.4 is 39.2 Å². The van der Waals surface area contributed by atoms with E-state index in [0.29, 0.717) is 39.4 Å². The summed E-state index contributed by atoms with van der Waals surface area (Å²) < 4.78 is 48.9. The predicted octanol–water partition coefficient (Wildman–Crippen LogP) is 6.78. The number of rotatable bonds is 14. The Bertz CT molecular complexity index is 1750. The molecule has 5 rings (SSSR count). The van der Waals surface area contributed by atoms with Gasteiger partial charge in [0.05, 0.1) is 18.0 Å². The van der Waals surface area contributed by atoms with E-state index in [4.69, 9.17) is 28.2 Å². The summed E-state index contributed by atoms with van der Waals surface area (Å²) in [7, 11) is -3.96. The van der Waals surface area contributed by atoms with Crippen LogP contribution in [0.25, 0.3) is 0 Å². The Hall–Kier alpha value is -4.58. The highest BCUT2D eigenvalue weighted by Gasteiger charge is 2.36. The summed E-state index contributed by atoms with van der Waals surface area (Å²) in [6.45, 7) is 9.34. The van der Waals surface area contributed by atoms with Gasteiger partial charge < -0.3 is 28.2 Å². The molecule has 47 heavy (non-hydrogen) atoms. The lowest BCUT2D eigenvalue weighted by Crippen LogP contribution is -2.43. The molecule has 2 atom stereocenters.